The Bertz CT molecular complexity index is 1340. The molecule has 8 heteroatoms. The Morgan fingerprint density at radius 3 is 2.50 bits per heavy atom. The fraction of sp³-hybridized carbons (Fsp3) is 0.0769. The molecule has 0 aliphatic carbocycles. The predicted octanol–water partition coefficient (Wildman–Crippen LogP) is 6.39. The van der Waals surface area contributed by atoms with Gasteiger partial charge in [-0.2, -0.15) is 5.10 Å². The third-order valence-electron chi connectivity index (χ3n) is 4.87. The minimum Gasteiger partial charge on any atom is -0.488 e. The van der Waals surface area contributed by atoms with E-state index in [0.29, 0.717) is 27.1 Å². The average Bonchev–Trinajstić information content (AvgIpc) is 2.83. The lowest BCUT2D eigenvalue weighted by molar-refractivity contribution is -0.123. The summed E-state index contributed by atoms with van der Waals surface area (Å²) in [6, 6.07) is 22.4. The zero-order valence-electron chi connectivity index (χ0n) is 17.8. The van der Waals surface area contributed by atoms with Gasteiger partial charge in [-0.25, -0.2) is 9.82 Å². The summed E-state index contributed by atoms with van der Waals surface area (Å²) in [5, 5.41) is 6.75. The largest absolute Gasteiger partial charge is 0.488 e. The number of hydrogen-bond acceptors (Lipinski definition) is 4. The van der Waals surface area contributed by atoms with Crippen LogP contribution in [0.15, 0.2) is 84.0 Å². The van der Waals surface area contributed by atoms with Gasteiger partial charge < -0.3 is 9.47 Å². The lowest BCUT2D eigenvalue weighted by atomic mass is 10.0. The van der Waals surface area contributed by atoms with Crippen molar-refractivity contribution >= 4 is 46.1 Å². The summed E-state index contributed by atoms with van der Waals surface area (Å²) in [5.41, 5.74) is 3.96. The highest BCUT2D eigenvalue weighted by molar-refractivity contribution is 6.35. The number of benzene rings is 4. The minimum atomic E-state index is -0.462. The van der Waals surface area contributed by atoms with Gasteiger partial charge in [0.15, 0.2) is 6.61 Å². The molecule has 172 valence electrons. The monoisotopic (exact) mass is 496 g/mol. The Morgan fingerprint density at radius 2 is 1.71 bits per heavy atom. The van der Waals surface area contributed by atoms with Crippen LogP contribution in [0.1, 0.15) is 11.1 Å². The summed E-state index contributed by atoms with van der Waals surface area (Å²) in [4.78, 5) is 12.2. The van der Waals surface area contributed by atoms with E-state index in [9.17, 15) is 9.18 Å². The molecule has 0 fully saturated rings. The van der Waals surface area contributed by atoms with Crippen LogP contribution in [0.3, 0.4) is 0 Å². The van der Waals surface area contributed by atoms with E-state index in [1.54, 1.807) is 24.3 Å². The molecule has 0 saturated carbocycles. The molecule has 0 spiro atoms. The van der Waals surface area contributed by atoms with Crippen LogP contribution in [0.2, 0.25) is 10.0 Å². The van der Waals surface area contributed by atoms with Gasteiger partial charge in [-0.15, -0.1) is 0 Å². The summed E-state index contributed by atoms with van der Waals surface area (Å²) in [7, 11) is 0. The number of hydrogen-bond donors (Lipinski definition) is 1. The van der Waals surface area contributed by atoms with Crippen molar-refractivity contribution in [2.45, 2.75) is 6.61 Å². The number of carbonyl (C=O) groups is 1. The first kappa shape index (κ1) is 23.5. The zero-order valence-corrected chi connectivity index (χ0v) is 19.3. The molecule has 0 aliphatic rings. The Hall–Kier alpha value is -3.61. The van der Waals surface area contributed by atoms with Crippen LogP contribution < -0.4 is 14.9 Å². The maximum atomic E-state index is 13.2. The molecule has 0 heterocycles. The van der Waals surface area contributed by atoms with Crippen LogP contribution in [0.4, 0.5) is 4.39 Å². The first-order chi connectivity index (χ1) is 16.5. The quantitative estimate of drug-likeness (QED) is 0.227. The molecule has 0 aliphatic heterocycles. The van der Waals surface area contributed by atoms with Gasteiger partial charge in [-0.1, -0.05) is 65.7 Å². The zero-order chi connectivity index (χ0) is 23.9. The molecule has 0 aromatic heterocycles. The molecule has 0 radical (unpaired) electrons. The van der Waals surface area contributed by atoms with Gasteiger partial charge in [0.25, 0.3) is 5.91 Å². The van der Waals surface area contributed by atoms with Crippen LogP contribution in [-0.2, 0) is 11.4 Å². The average molecular weight is 497 g/mol. The van der Waals surface area contributed by atoms with Crippen LogP contribution in [0, 0.1) is 5.82 Å². The number of hydrazone groups is 1. The molecule has 4 aromatic rings. The standard InChI is InChI=1S/C26H19Cl2FN2O3/c27-19-8-12-25(23(28)13-19)34-16-26(32)31-30-14-22-21-4-2-1-3-18(21)7-11-24(22)33-15-17-5-9-20(29)10-6-17/h1-14H,15-16H2,(H,31,32). The van der Waals surface area contributed by atoms with Gasteiger partial charge in [0.1, 0.15) is 23.9 Å². The number of rotatable bonds is 8. The molecule has 1 N–H and O–H groups in total. The molecule has 0 bridgehead atoms. The molecular weight excluding hydrogens is 478 g/mol. The van der Waals surface area contributed by atoms with Crippen molar-refractivity contribution in [3.8, 4) is 11.5 Å². The molecule has 5 nitrogen and oxygen atoms in total. The van der Waals surface area contributed by atoms with Crippen LogP contribution in [0.5, 0.6) is 11.5 Å². The summed E-state index contributed by atoms with van der Waals surface area (Å²) >= 11 is 11.9. The maximum Gasteiger partial charge on any atom is 0.277 e. The van der Waals surface area contributed by atoms with E-state index in [1.807, 2.05) is 36.4 Å². The Morgan fingerprint density at radius 1 is 0.941 bits per heavy atom. The number of ether oxygens (including phenoxy) is 2. The molecular formula is C26H19Cl2FN2O3. The second-order valence-electron chi connectivity index (χ2n) is 7.27. The van der Waals surface area contributed by atoms with E-state index in [0.717, 1.165) is 16.3 Å². The van der Waals surface area contributed by atoms with Crippen molar-refractivity contribution in [1.82, 2.24) is 5.43 Å². The summed E-state index contributed by atoms with van der Waals surface area (Å²) in [5.74, 6) is 0.151. The van der Waals surface area contributed by atoms with Crippen LogP contribution in [-0.4, -0.2) is 18.7 Å². The highest BCUT2D eigenvalue weighted by atomic mass is 35.5. The second kappa shape index (κ2) is 11.0. The molecule has 4 aromatic carbocycles. The lowest BCUT2D eigenvalue weighted by Gasteiger charge is -2.12. The number of nitrogens with one attached hydrogen (secondary N) is 1. The molecule has 4 rings (SSSR count). The maximum absolute atomic E-state index is 13.2. The fourth-order valence-corrected chi connectivity index (χ4v) is 3.68. The van der Waals surface area contributed by atoms with Crippen molar-refractivity contribution in [1.29, 1.82) is 0 Å². The van der Waals surface area contributed by atoms with Gasteiger partial charge in [0.2, 0.25) is 0 Å². The van der Waals surface area contributed by atoms with Crippen molar-refractivity contribution in [2.24, 2.45) is 5.10 Å². The first-order valence-electron chi connectivity index (χ1n) is 10.3. The molecule has 0 saturated heterocycles. The summed E-state index contributed by atoms with van der Waals surface area (Å²) < 4.78 is 24.6. The van der Waals surface area contributed by atoms with Gasteiger partial charge in [0.05, 0.1) is 11.2 Å². The third-order valence-corrected chi connectivity index (χ3v) is 5.40. The SMILES string of the molecule is O=C(COc1ccc(Cl)cc1Cl)NN=Cc1c(OCc2ccc(F)cc2)ccc2ccccc12. The van der Waals surface area contributed by atoms with Gasteiger partial charge >= 0.3 is 0 Å². The highest BCUT2D eigenvalue weighted by Gasteiger charge is 2.09. The molecule has 1 amide bonds. The van der Waals surface area contributed by atoms with Gasteiger partial charge in [0, 0.05) is 10.6 Å². The van der Waals surface area contributed by atoms with E-state index in [4.69, 9.17) is 32.7 Å². The lowest BCUT2D eigenvalue weighted by Crippen LogP contribution is -2.24. The highest BCUT2D eigenvalue weighted by Crippen LogP contribution is 2.28. The van der Waals surface area contributed by atoms with Gasteiger partial charge in [-0.3, -0.25) is 4.79 Å². The summed E-state index contributed by atoms with van der Waals surface area (Å²) in [6.07, 6.45) is 1.52. The van der Waals surface area contributed by atoms with E-state index < -0.39 is 5.91 Å². The van der Waals surface area contributed by atoms with E-state index in [-0.39, 0.29) is 19.0 Å². The predicted molar refractivity (Wildman–Crippen MR) is 132 cm³/mol. The van der Waals surface area contributed by atoms with Crippen molar-refractivity contribution in [2.75, 3.05) is 6.61 Å². The smallest absolute Gasteiger partial charge is 0.277 e. The Labute approximate surface area is 205 Å². The number of fused-ring (bicyclic) bond motifs is 1. The molecule has 0 unspecified atom stereocenters. The Balaban J connectivity index is 1.46. The third kappa shape index (κ3) is 6.04. The van der Waals surface area contributed by atoms with Crippen molar-refractivity contribution in [3.05, 3.63) is 106 Å². The van der Waals surface area contributed by atoms with E-state index in [2.05, 4.69) is 10.5 Å². The first-order valence-corrected chi connectivity index (χ1v) is 11.0. The van der Waals surface area contributed by atoms with E-state index in [1.165, 1.54) is 24.4 Å². The van der Waals surface area contributed by atoms with Gasteiger partial charge in [-0.05, 0) is 52.7 Å². The minimum absolute atomic E-state index is 0.251. The summed E-state index contributed by atoms with van der Waals surface area (Å²) in [6.45, 7) is -0.0241. The number of nitrogens with zero attached hydrogens (tertiary/aromatic N) is 1. The topological polar surface area (TPSA) is 59.9 Å². The molecule has 34 heavy (non-hydrogen) atoms. The number of amides is 1. The van der Waals surface area contributed by atoms with Crippen LogP contribution in [0.25, 0.3) is 10.8 Å². The fourth-order valence-electron chi connectivity index (χ4n) is 3.21. The Kier molecular flexibility index (Phi) is 7.62. The normalized spacial score (nSPS) is 11.0. The number of carbonyl (C=O) groups excluding carboxylic acids is 1. The molecule has 0 atom stereocenters. The second-order valence-corrected chi connectivity index (χ2v) is 8.11. The van der Waals surface area contributed by atoms with Crippen LogP contribution >= 0.6 is 23.2 Å². The van der Waals surface area contributed by atoms with E-state index >= 15 is 0 Å². The van der Waals surface area contributed by atoms with Crippen molar-refractivity contribution < 1.29 is 18.7 Å². The number of halogens is 3. The van der Waals surface area contributed by atoms with Crippen molar-refractivity contribution in [3.63, 3.8) is 0 Å².